The summed E-state index contributed by atoms with van der Waals surface area (Å²) in [5.41, 5.74) is 1.37. The smallest absolute Gasteiger partial charge is 0.308 e. The maximum absolute atomic E-state index is 13.8. The molecule has 8 nitrogen and oxygen atoms in total. The summed E-state index contributed by atoms with van der Waals surface area (Å²) in [5.74, 6) is -0.854. The molecule has 0 aliphatic carbocycles. The van der Waals surface area contributed by atoms with Crippen LogP contribution in [0.4, 0.5) is 0 Å². The van der Waals surface area contributed by atoms with Gasteiger partial charge in [0.25, 0.3) is 0 Å². The number of amides is 2. The number of hydrogen-bond donors (Lipinski definition) is 1. The second kappa shape index (κ2) is 14.1. The number of carbonyl (C=O) groups is 3. The Hall–Kier alpha value is -3.23. The average Bonchev–Trinajstić information content (AvgIpc) is 3.52. The van der Waals surface area contributed by atoms with Gasteiger partial charge < -0.3 is 24.6 Å². The minimum absolute atomic E-state index is 0.0740. The number of hydrogen-bond acceptors (Lipinski definition) is 6. The molecule has 3 aliphatic rings. The van der Waals surface area contributed by atoms with Gasteiger partial charge in [0.2, 0.25) is 11.8 Å². The van der Waals surface area contributed by atoms with E-state index in [0.29, 0.717) is 26.0 Å². The van der Waals surface area contributed by atoms with E-state index >= 15 is 0 Å². The molecule has 3 heterocycles. The van der Waals surface area contributed by atoms with Gasteiger partial charge in [-0.25, -0.2) is 0 Å². The predicted molar refractivity (Wildman–Crippen MR) is 156 cm³/mol. The Morgan fingerprint density at radius 3 is 2.34 bits per heavy atom. The van der Waals surface area contributed by atoms with E-state index in [9.17, 15) is 14.4 Å². The highest BCUT2D eigenvalue weighted by atomic mass is 16.5. The van der Waals surface area contributed by atoms with Gasteiger partial charge in [-0.1, -0.05) is 67.1 Å². The minimum atomic E-state index is -0.916. The van der Waals surface area contributed by atoms with E-state index in [1.807, 2.05) is 30.3 Å². The number of piperazine rings is 1. The van der Waals surface area contributed by atoms with E-state index in [4.69, 9.17) is 9.47 Å². The monoisotopic (exact) mass is 561 g/mol. The molecule has 0 radical (unpaired) electrons. The summed E-state index contributed by atoms with van der Waals surface area (Å²) in [7, 11) is 0. The molecular weight excluding hydrogens is 518 g/mol. The number of piperidine rings is 1. The van der Waals surface area contributed by atoms with Crippen molar-refractivity contribution in [2.75, 3.05) is 32.8 Å². The summed E-state index contributed by atoms with van der Waals surface area (Å²) in [6.07, 6.45) is 7.33. The lowest BCUT2D eigenvalue weighted by molar-refractivity contribution is -0.165. The Morgan fingerprint density at radius 1 is 0.951 bits per heavy atom. The Kier molecular flexibility index (Phi) is 10.1. The third-order valence-electron chi connectivity index (χ3n) is 8.80. The molecule has 2 amide bonds. The van der Waals surface area contributed by atoms with Gasteiger partial charge in [0.05, 0.1) is 12.5 Å². The molecule has 2 unspecified atom stereocenters. The highest BCUT2D eigenvalue weighted by molar-refractivity contribution is 6.01. The lowest BCUT2D eigenvalue weighted by atomic mass is 9.81. The van der Waals surface area contributed by atoms with E-state index in [1.54, 1.807) is 4.90 Å². The molecule has 41 heavy (non-hydrogen) atoms. The van der Waals surface area contributed by atoms with Gasteiger partial charge in [0.15, 0.2) is 0 Å². The standard InChI is InChI=1S/C33H43N3O5/c37-30(41-25-27-14-6-2-7-15-27)23-29-31(38)36(24-28-16-10-22-40-28)33(32(39)34-29)17-20-35(21-18-33)19-9-3-8-13-26-11-4-1-5-12-26/h1-2,4-7,11-12,14-15,28-29H,3,8-10,13,16-25H2,(H,34,39). The van der Waals surface area contributed by atoms with Crippen molar-refractivity contribution in [3.63, 3.8) is 0 Å². The minimum Gasteiger partial charge on any atom is -0.461 e. The van der Waals surface area contributed by atoms with Crippen LogP contribution in [0.5, 0.6) is 0 Å². The molecule has 2 atom stereocenters. The Balaban J connectivity index is 1.15. The molecule has 2 aromatic rings. The van der Waals surface area contributed by atoms with Gasteiger partial charge in [-0.2, -0.15) is 0 Å². The summed E-state index contributed by atoms with van der Waals surface area (Å²) in [6.45, 7) is 3.75. The maximum atomic E-state index is 13.8. The number of unbranched alkanes of at least 4 members (excludes halogenated alkanes) is 2. The van der Waals surface area contributed by atoms with Crippen molar-refractivity contribution in [3.05, 3.63) is 71.8 Å². The molecule has 0 aromatic heterocycles. The van der Waals surface area contributed by atoms with Crippen LogP contribution in [0.3, 0.4) is 0 Å². The van der Waals surface area contributed by atoms with E-state index < -0.39 is 17.6 Å². The summed E-state index contributed by atoms with van der Waals surface area (Å²) in [5, 5.41) is 2.91. The molecule has 0 saturated carbocycles. The average molecular weight is 562 g/mol. The summed E-state index contributed by atoms with van der Waals surface area (Å²) < 4.78 is 11.3. The summed E-state index contributed by atoms with van der Waals surface area (Å²) in [4.78, 5) is 44.3. The Bertz CT molecular complexity index is 1140. The van der Waals surface area contributed by atoms with Crippen molar-refractivity contribution in [1.82, 2.24) is 15.1 Å². The lowest BCUT2D eigenvalue weighted by Crippen LogP contribution is -2.73. The number of nitrogens with one attached hydrogen (secondary N) is 1. The lowest BCUT2D eigenvalue weighted by Gasteiger charge is -2.52. The van der Waals surface area contributed by atoms with Gasteiger partial charge in [0, 0.05) is 26.2 Å². The van der Waals surface area contributed by atoms with Crippen LogP contribution in [0.25, 0.3) is 0 Å². The summed E-state index contributed by atoms with van der Waals surface area (Å²) in [6, 6.07) is 19.1. The van der Waals surface area contributed by atoms with E-state index in [2.05, 4.69) is 40.5 Å². The summed E-state index contributed by atoms with van der Waals surface area (Å²) >= 11 is 0. The van der Waals surface area contributed by atoms with Crippen molar-refractivity contribution in [3.8, 4) is 0 Å². The second-order valence-corrected chi connectivity index (χ2v) is 11.6. The van der Waals surface area contributed by atoms with Gasteiger partial charge in [-0.15, -0.1) is 0 Å². The van der Waals surface area contributed by atoms with Crippen LogP contribution in [0.15, 0.2) is 60.7 Å². The first-order valence-electron chi connectivity index (χ1n) is 15.2. The molecule has 3 aliphatic heterocycles. The van der Waals surface area contributed by atoms with Gasteiger partial charge in [-0.05, 0) is 62.6 Å². The van der Waals surface area contributed by atoms with Crippen LogP contribution in [-0.4, -0.2) is 78.1 Å². The zero-order chi connectivity index (χ0) is 28.5. The zero-order valence-electron chi connectivity index (χ0n) is 24.0. The fraction of sp³-hybridized carbons (Fsp3) is 0.545. The quantitative estimate of drug-likeness (QED) is 0.313. The fourth-order valence-corrected chi connectivity index (χ4v) is 6.36. The van der Waals surface area contributed by atoms with Crippen LogP contribution in [0, 0.1) is 0 Å². The number of likely N-dealkylation sites (tertiary alicyclic amines) is 1. The highest BCUT2D eigenvalue weighted by Gasteiger charge is 2.54. The molecular formula is C33H43N3O5. The van der Waals surface area contributed by atoms with Crippen molar-refractivity contribution in [2.24, 2.45) is 0 Å². The number of esters is 1. The molecule has 3 saturated heterocycles. The molecule has 8 heteroatoms. The third-order valence-corrected chi connectivity index (χ3v) is 8.80. The Labute approximate surface area is 243 Å². The number of nitrogens with zero attached hydrogens (tertiary/aromatic N) is 2. The fourth-order valence-electron chi connectivity index (χ4n) is 6.36. The number of benzene rings is 2. The van der Waals surface area contributed by atoms with Crippen molar-refractivity contribution < 1.29 is 23.9 Å². The SMILES string of the molecule is O=C(CC1NC(=O)C2(CCN(CCCCCc3ccccc3)CC2)N(CC2CCCO2)C1=O)OCc1ccccc1. The molecule has 1 N–H and O–H groups in total. The van der Waals surface area contributed by atoms with Crippen LogP contribution < -0.4 is 5.32 Å². The highest BCUT2D eigenvalue weighted by Crippen LogP contribution is 2.35. The molecule has 1 spiro atoms. The van der Waals surface area contributed by atoms with Gasteiger partial charge >= 0.3 is 5.97 Å². The van der Waals surface area contributed by atoms with Crippen LogP contribution in [0.2, 0.25) is 0 Å². The topological polar surface area (TPSA) is 88.2 Å². The first-order chi connectivity index (χ1) is 20.0. The number of ether oxygens (including phenoxy) is 2. The van der Waals surface area contributed by atoms with Crippen LogP contribution in [0.1, 0.15) is 62.5 Å². The van der Waals surface area contributed by atoms with E-state index in [0.717, 1.165) is 50.9 Å². The van der Waals surface area contributed by atoms with Crippen molar-refractivity contribution in [2.45, 2.75) is 82.1 Å². The van der Waals surface area contributed by atoms with Crippen molar-refractivity contribution >= 4 is 17.8 Å². The number of carbonyl (C=O) groups excluding carboxylic acids is 3. The molecule has 5 rings (SSSR count). The molecule has 220 valence electrons. The number of rotatable bonds is 12. The van der Waals surface area contributed by atoms with E-state index in [-0.39, 0.29) is 30.9 Å². The first kappa shape index (κ1) is 29.3. The zero-order valence-corrected chi connectivity index (χ0v) is 24.0. The van der Waals surface area contributed by atoms with Crippen LogP contribution in [-0.2, 0) is 36.9 Å². The Morgan fingerprint density at radius 2 is 1.66 bits per heavy atom. The predicted octanol–water partition coefficient (Wildman–Crippen LogP) is 3.87. The number of aryl methyl sites for hydroxylation is 1. The normalized spacial score (nSPS) is 22.6. The van der Waals surface area contributed by atoms with Crippen molar-refractivity contribution in [1.29, 1.82) is 0 Å². The first-order valence-corrected chi connectivity index (χ1v) is 15.2. The molecule has 3 fully saturated rings. The van der Waals surface area contributed by atoms with E-state index in [1.165, 1.54) is 18.4 Å². The molecule has 0 bridgehead atoms. The largest absolute Gasteiger partial charge is 0.461 e. The maximum Gasteiger partial charge on any atom is 0.308 e. The van der Waals surface area contributed by atoms with Crippen LogP contribution >= 0.6 is 0 Å². The molecule has 2 aromatic carbocycles. The van der Waals surface area contributed by atoms with Gasteiger partial charge in [-0.3, -0.25) is 14.4 Å². The van der Waals surface area contributed by atoms with Gasteiger partial charge in [0.1, 0.15) is 18.2 Å². The second-order valence-electron chi connectivity index (χ2n) is 11.6. The third kappa shape index (κ3) is 7.54.